The molecule has 0 unspecified atom stereocenters. The first-order valence-corrected chi connectivity index (χ1v) is 5.36. The summed E-state index contributed by atoms with van der Waals surface area (Å²) in [5.41, 5.74) is 3.77. The van der Waals surface area contributed by atoms with E-state index in [2.05, 4.69) is 4.98 Å². The normalized spacial score (nSPS) is 10.5. The maximum absolute atomic E-state index is 11.1. The average Bonchev–Trinajstić information content (AvgIpc) is 2.56. The summed E-state index contributed by atoms with van der Waals surface area (Å²) in [4.78, 5) is 15.3. The van der Waals surface area contributed by atoms with E-state index in [1.54, 1.807) is 12.3 Å². The first-order valence-electron chi connectivity index (χ1n) is 5.36. The van der Waals surface area contributed by atoms with E-state index in [0.717, 1.165) is 22.8 Å². The molecule has 0 saturated heterocycles. The first-order chi connectivity index (χ1) is 8.02. The van der Waals surface area contributed by atoms with Gasteiger partial charge in [0.05, 0.1) is 16.9 Å². The van der Waals surface area contributed by atoms with Crippen LogP contribution in [-0.4, -0.2) is 20.6 Å². The van der Waals surface area contributed by atoms with Crippen molar-refractivity contribution >= 4 is 5.97 Å². The Hall–Kier alpha value is -2.10. The molecule has 2 heterocycles. The number of aromatic carboxylic acids is 1. The summed E-state index contributed by atoms with van der Waals surface area (Å²) in [6.45, 7) is 5.61. The van der Waals surface area contributed by atoms with Crippen LogP contribution in [0.3, 0.4) is 0 Å². The lowest BCUT2D eigenvalue weighted by Crippen LogP contribution is -2.04. The van der Waals surface area contributed by atoms with Gasteiger partial charge in [-0.1, -0.05) is 0 Å². The van der Waals surface area contributed by atoms with Crippen molar-refractivity contribution in [3.63, 3.8) is 0 Å². The Kier molecular flexibility index (Phi) is 2.71. The van der Waals surface area contributed by atoms with E-state index in [-0.39, 0.29) is 0 Å². The summed E-state index contributed by atoms with van der Waals surface area (Å²) < 4.78 is 1.92. The highest BCUT2D eigenvalue weighted by molar-refractivity contribution is 5.89. The van der Waals surface area contributed by atoms with E-state index < -0.39 is 5.97 Å². The number of carbonyl (C=O) groups is 1. The Morgan fingerprint density at radius 3 is 2.59 bits per heavy atom. The van der Waals surface area contributed by atoms with Gasteiger partial charge < -0.3 is 9.67 Å². The second-order valence-corrected chi connectivity index (χ2v) is 4.03. The molecular formula is C13H14N2O2. The van der Waals surface area contributed by atoms with Crippen molar-refractivity contribution in [2.24, 2.45) is 0 Å². The molecule has 1 N–H and O–H groups in total. The molecule has 0 bridgehead atoms. The summed E-state index contributed by atoms with van der Waals surface area (Å²) >= 11 is 0. The molecule has 0 amide bonds. The van der Waals surface area contributed by atoms with Crippen molar-refractivity contribution in [1.82, 2.24) is 9.55 Å². The van der Waals surface area contributed by atoms with Crippen LogP contribution in [0.5, 0.6) is 0 Å². The van der Waals surface area contributed by atoms with E-state index in [1.165, 1.54) is 0 Å². The van der Waals surface area contributed by atoms with Gasteiger partial charge in [0.25, 0.3) is 0 Å². The van der Waals surface area contributed by atoms with Crippen molar-refractivity contribution in [2.45, 2.75) is 20.8 Å². The fraction of sp³-hybridized carbons (Fsp3) is 0.231. The molecule has 0 aromatic carbocycles. The largest absolute Gasteiger partial charge is 0.478 e. The van der Waals surface area contributed by atoms with E-state index in [9.17, 15) is 4.79 Å². The van der Waals surface area contributed by atoms with Gasteiger partial charge in [-0.15, -0.1) is 0 Å². The van der Waals surface area contributed by atoms with Gasteiger partial charge in [0.2, 0.25) is 0 Å². The monoisotopic (exact) mass is 230 g/mol. The van der Waals surface area contributed by atoms with Gasteiger partial charge in [-0.05, 0) is 39.0 Å². The molecular weight excluding hydrogens is 216 g/mol. The predicted molar refractivity (Wildman–Crippen MR) is 64.7 cm³/mol. The Bertz CT molecular complexity index is 585. The number of carboxylic acid groups (broad SMARTS) is 1. The minimum Gasteiger partial charge on any atom is -0.478 e. The highest BCUT2D eigenvalue weighted by Gasteiger charge is 2.16. The van der Waals surface area contributed by atoms with Crippen molar-refractivity contribution < 1.29 is 9.90 Å². The molecule has 2 aromatic rings. The number of hydrogen-bond acceptors (Lipinski definition) is 2. The minimum absolute atomic E-state index is 0.339. The Labute approximate surface area is 99.5 Å². The van der Waals surface area contributed by atoms with Gasteiger partial charge in [-0.3, -0.25) is 4.98 Å². The van der Waals surface area contributed by atoms with Crippen molar-refractivity contribution in [1.29, 1.82) is 0 Å². The van der Waals surface area contributed by atoms with Gasteiger partial charge in [0, 0.05) is 17.6 Å². The number of rotatable bonds is 2. The Balaban J connectivity index is 2.69. The van der Waals surface area contributed by atoms with Crippen LogP contribution in [0.4, 0.5) is 0 Å². The van der Waals surface area contributed by atoms with Gasteiger partial charge in [0.15, 0.2) is 0 Å². The lowest BCUT2D eigenvalue weighted by atomic mass is 10.2. The van der Waals surface area contributed by atoms with Gasteiger partial charge in [-0.25, -0.2) is 4.79 Å². The number of hydrogen-bond donors (Lipinski definition) is 1. The lowest BCUT2D eigenvalue weighted by molar-refractivity contribution is 0.0696. The van der Waals surface area contributed by atoms with Crippen LogP contribution in [0.2, 0.25) is 0 Å². The lowest BCUT2D eigenvalue weighted by Gasteiger charge is -2.11. The third-order valence-electron chi connectivity index (χ3n) is 2.88. The SMILES string of the molecule is Cc1ncccc1-n1c(C)cc(C(=O)O)c1C. The maximum atomic E-state index is 11.1. The molecule has 0 aliphatic carbocycles. The summed E-state index contributed by atoms with van der Waals surface area (Å²) in [5, 5.41) is 9.09. The first kappa shape index (κ1) is 11.4. The number of aryl methyl sites for hydroxylation is 2. The van der Waals surface area contributed by atoms with E-state index in [1.807, 2.05) is 37.5 Å². The molecule has 0 spiro atoms. The predicted octanol–water partition coefficient (Wildman–Crippen LogP) is 2.50. The van der Waals surface area contributed by atoms with Crippen LogP contribution < -0.4 is 0 Å². The van der Waals surface area contributed by atoms with Crippen LogP contribution in [0.1, 0.15) is 27.4 Å². The van der Waals surface area contributed by atoms with Crippen LogP contribution in [0.15, 0.2) is 24.4 Å². The quantitative estimate of drug-likeness (QED) is 0.862. The van der Waals surface area contributed by atoms with Crippen molar-refractivity contribution in [2.75, 3.05) is 0 Å². The molecule has 0 saturated carbocycles. The number of carboxylic acids is 1. The molecule has 2 aromatic heterocycles. The molecule has 4 nitrogen and oxygen atoms in total. The molecule has 0 atom stereocenters. The maximum Gasteiger partial charge on any atom is 0.337 e. The van der Waals surface area contributed by atoms with E-state index in [4.69, 9.17) is 5.11 Å². The van der Waals surface area contributed by atoms with Gasteiger partial charge in [-0.2, -0.15) is 0 Å². The molecule has 0 radical (unpaired) electrons. The molecule has 17 heavy (non-hydrogen) atoms. The average molecular weight is 230 g/mol. The molecule has 2 rings (SSSR count). The highest BCUT2D eigenvalue weighted by atomic mass is 16.4. The molecule has 0 fully saturated rings. The van der Waals surface area contributed by atoms with Gasteiger partial charge in [0.1, 0.15) is 0 Å². The topological polar surface area (TPSA) is 55.1 Å². The molecule has 88 valence electrons. The van der Waals surface area contributed by atoms with Crippen molar-refractivity contribution in [3.05, 3.63) is 47.0 Å². The van der Waals surface area contributed by atoms with E-state index >= 15 is 0 Å². The summed E-state index contributed by atoms with van der Waals surface area (Å²) in [6, 6.07) is 5.47. The zero-order valence-electron chi connectivity index (χ0n) is 10.1. The fourth-order valence-electron chi connectivity index (χ4n) is 2.06. The molecule has 4 heteroatoms. The van der Waals surface area contributed by atoms with Crippen LogP contribution in [-0.2, 0) is 0 Å². The second-order valence-electron chi connectivity index (χ2n) is 4.03. The van der Waals surface area contributed by atoms with E-state index in [0.29, 0.717) is 5.56 Å². The zero-order valence-corrected chi connectivity index (χ0v) is 10.1. The zero-order chi connectivity index (χ0) is 12.6. The fourth-order valence-corrected chi connectivity index (χ4v) is 2.06. The highest BCUT2D eigenvalue weighted by Crippen LogP contribution is 2.22. The minimum atomic E-state index is -0.897. The Morgan fingerprint density at radius 1 is 1.35 bits per heavy atom. The summed E-state index contributed by atoms with van der Waals surface area (Å²) in [5.74, 6) is -0.897. The van der Waals surface area contributed by atoms with Crippen LogP contribution in [0, 0.1) is 20.8 Å². The molecule has 0 aliphatic rings. The molecule has 0 aliphatic heterocycles. The van der Waals surface area contributed by atoms with Crippen molar-refractivity contribution in [3.8, 4) is 5.69 Å². The smallest absolute Gasteiger partial charge is 0.337 e. The third kappa shape index (κ3) is 1.82. The summed E-state index contributed by atoms with van der Waals surface area (Å²) in [6.07, 6.45) is 1.73. The van der Waals surface area contributed by atoms with Crippen LogP contribution in [0.25, 0.3) is 5.69 Å². The van der Waals surface area contributed by atoms with Gasteiger partial charge >= 0.3 is 5.97 Å². The number of pyridine rings is 1. The second kappa shape index (κ2) is 4.05. The number of nitrogens with zero attached hydrogens (tertiary/aromatic N) is 2. The summed E-state index contributed by atoms with van der Waals surface area (Å²) in [7, 11) is 0. The van der Waals surface area contributed by atoms with Crippen LogP contribution >= 0.6 is 0 Å². The standard InChI is InChI=1S/C13H14N2O2/c1-8-7-11(13(16)17)10(3)15(8)12-5-4-6-14-9(12)2/h4-7H,1-3H3,(H,16,17). The Morgan fingerprint density at radius 2 is 2.06 bits per heavy atom. The third-order valence-corrected chi connectivity index (χ3v) is 2.88. The number of aromatic nitrogens is 2.